The molecule has 0 spiro atoms. The number of nitrogens with two attached hydrogens (primary N) is 1. The van der Waals surface area contributed by atoms with E-state index in [4.69, 9.17) is 19.9 Å². The summed E-state index contributed by atoms with van der Waals surface area (Å²) in [4.78, 5) is 7.93. The Morgan fingerprint density at radius 1 is 1.11 bits per heavy atom. The number of nitrogen functional groups attached to an aromatic ring is 1. The lowest BCUT2D eigenvalue weighted by atomic mass is 10.5. The third-order valence-electron chi connectivity index (χ3n) is 2.03. The van der Waals surface area contributed by atoms with Crippen LogP contribution in [0.3, 0.4) is 0 Å². The van der Waals surface area contributed by atoms with Crippen molar-refractivity contribution in [1.82, 2.24) is 9.97 Å². The lowest BCUT2D eigenvalue weighted by molar-refractivity contribution is 0.0543. The first-order valence-corrected chi connectivity index (χ1v) is 6.12. The predicted octanol–water partition coefficient (Wildman–Crippen LogP) is 1.65. The third-order valence-corrected chi connectivity index (χ3v) is 2.03. The molecule has 0 aromatic carbocycles. The van der Waals surface area contributed by atoms with Gasteiger partial charge in [0.05, 0.1) is 19.3 Å². The molecule has 6 heteroatoms. The van der Waals surface area contributed by atoms with Crippen LogP contribution in [0.4, 0.5) is 5.69 Å². The van der Waals surface area contributed by atoms with Crippen molar-refractivity contribution < 1.29 is 14.2 Å². The maximum absolute atomic E-state index is 5.85. The average Bonchev–Trinajstić information content (AvgIpc) is 2.34. The largest absolute Gasteiger partial charge is 0.476 e. The Kier molecular flexibility index (Phi) is 6.21. The summed E-state index contributed by atoms with van der Waals surface area (Å²) < 4.78 is 16.2. The standard InChI is InChI=1S/C12H21N3O3/c1-4-5-17-11-10(13)12(15-8-14-11)18-7-6-16-9(2)3/h8-9H,4-7,13H2,1-3H3. The highest BCUT2D eigenvalue weighted by Gasteiger charge is 2.10. The van der Waals surface area contributed by atoms with Gasteiger partial charge in [-0.1, -0.05) is 6.92 Å². The average molecular weight is 255 g/mol. The van der Waals surface area contributed by atoms with Crippen molar-refractivity contribution in [2.45, 2.75) is 33.3 Å². The van der Waals surface area contributed by atoms with Crippen LogP contribution in [-0.2, 0) is 4.74 Å². The van der Waals surface area contributed by atoms with E-state index in [1.54, 1.807) is 0 Å². The Hall–Kier alpha value is -1.56. The van der Waals surface area contributed by atoms with Gasteiger partial charge in [-0.05, 0) is 20.3 Å². The molecule has 0 bridgehead atoms. The Balaban J connectivity index is 2.49. The molecule has 0 unspecified atom stereocenters. The monoisotopic (exact) mass is 255 g/mol. The topological polar surface area (TPSA) is 79.5 Å². The molecule has 2 N–H and O–H groups in total. The molecule has 0 amide bonds. The van der Waals surface area contributed by atoms with Gasteiger partial charge in [0.1, 0.15) is 12.9 Å². The number of ether oxygens (including phenoxy) is 3. The zero-order valence-electron chi connectivity index (χ0n) is 11.2. The van der Waals surface area contributed by atoms with Crippen LogP contribution >= 0.6 is 0 Å². The van der Waals surface area contributed by atoms with Crippen LogP contribution in [0.2, 0.25) is 0 Å². The third kappa shape index (κ3) is 4.75. The van der Waals surface area contributed by atoms with Crippen LogP contribution in [0.15, 0.2) is 6.33 Å². The van der Waals surface area contributed by atoms with Gasteiger partial charge < -0.3 is 19.9 Å². The van der Waals surface area contributed by atoms with E-state index >= 15 is 0 Å². The van der Waals surface area contributed by atoms with Gasteiger partial charge in [-0.15, -0.1) is 0 Å². The summed E-state index contributed by atoms with van der Waals surface area (Å²) in [5.74, 6) is 0.704. The quantitative estimate of drug-likeness (QED) is 0.711. The van der Waals surface area contributed by atoms with Crippen molar-refractivity contribution in [3.8, 4) is 11.8 Å². The Morgan fingerprint density at radius 2 is 1.72 bits per heavy atom. The Bertz CT molecular complexity index is 358. The molecule has 0 aliphatic heterocycles. The molecule has 102 valence electrons. The molecule has 1 rings (SSSR count). The van der Waals surface area contributed by atoms with E-state index in [9.17, 15) is 0 Å². The number of hydrogen-bond acceptors (Lipinski definition) is 6. The second-order valence-corrected chi connectivity index (χ2v) is 4.01. The van der Waals surface area contributed by atoms with Crippen molar-refractivity contribution >= 4 is 5.69 Å². The van der Waals surface area contributed by atoms with Gasteiger partial charge in [0.15, 0.2) is 5.69 Å². The summed E-state index contributed by atoms with van der Waals surface area (Å²) in [7, 11) is 0. The van der Waals surface area contributed by atoms with Crippen molar-refractivity contribution in [2.75, 3.05) is 25.6 Å². The number of rotatable bonds is 8. The molecule has 0 aliphatic rings. The van der Waals surface area contributed by atoms with Crippen molar-refractivity contribution in [1.29, 1.82) is 0 Å². The summed E-state index contributed by atoms with van der Waals surface area (Å²) >= 11 is 0. The molecule has 0 saturated heterocycles. The van der Waals surface area contributed by atoms with Crippen molar-refractivity contribution in [2.24, 2.45) is 0 Å². The summed E-state index contributed by atoms with van der Waals surface area (Å²) in [6, 6.07) is 0. The zero-order valence-corrected chi connectivity index (χ0v) is 11.2. The van der Waals surface area contributed by atoms with Crippen molar-refractivity contribution in [3.05, 3.63) is 6.33 Å². The van der Waals surface area contributed by atoms with E-state index in [-0.39, 0.29) is 6.10 Å². The van der Waals surface area contributed by atoms with E-state index in [0.717, 1.165) is 6.42 Å². The number of anilines is 1. The smallest absolute Gasteiger partial charge is 0.244 e. The molecule has 0 radical (unpaired) electrons. The maximum atomic E-state index is 5.85. The van der Waals surface area contributed by atoms with Crippen LogP contribution in [0.25, 0.3) is 0 Å². The molecule has 0 atom stereocenters. The first kappa shape index (κ1) is 14.5. The van der Waals surface area contributed by atoms with Gasteiger partial charge >= 0.3 is 0 Å². The lowest BCUT2D eigenvalue weighted by Crippen LogP contribution is -2.13. The van der Waals surface area contributed by atoms with E-state index in [2.05, 4.69) is 9.97 Å². The van der Waals surface area contributed by atoms with Gasteiger partial charge in [0.2, 0.25) is 11.8 Å². The summed E-state index contributed by atoms with van der Waals surface area (Å²) in [5.41, 5.74) is 6.18. The molecule has 0 saturated carbocycles. The van der Waals surface area contributed by atoms with Gasteiger partial charge in [-0.25, -0.2) is 0 Å². The van der Waals surface area contributed by atoms with E-state index in [0.29, 0.717) is 37.3 Å². The van der Waals surface area contributed by atoms with Gasteiger partial charge in [-0.3, -0.25) is 0 Å². The number of hydrogen-bond donors (Lipinski definition) is 1. The molecular formula is C12H21N3O3. The molecule has 6 nitrogen and oxygen atoms in total. The molecule has 1 aromatic heterocycles. The van der Waals surface area contributed by atoms with Crippen LogP contribution in [-0.4, -0.2) is 35.9 Å². The van der Waals surface area contributed by atoms with E-state index < -0.39 is 0 Å². The van der Waals surface area contributed by atoms with Crippen LogP contribution in [0.5, 0.6) is 11.8 Å². The van der Waals surface area contributed by atoms with Gasteiger partial charge in [0, 0.05) is 0 Å². The molecular weight excluding hydrogens is 234 g/mol. The molecule has 1 heterocycles. The maximum Gasteiger partial charge on any atom is 0.244 e. The highest BCUT2D eigenvalue weighted by molar-refractivity contribution is 5.55. The summed E-state index contributed by atoms with van der Waals surface area (Å²) in [6.45, 7) is 7.40. The zero-order chi connectivity index (χ0) is 13.4. The van der Waals surface area contributed by atoms with Crippen LogP contribution < -0.4 is 15.2 Å². The number of aromatic nitrogens is 2. The fourth-order valence-corrected chi connectivity index (χ4v) is 1.22. The van der Waals surface area contributed by atoms with Crippen LogP contribution in [0, 0.1) is 0 Å². The highest BCUT2D eigenvalue weighted by Crippen LogP contribution is 2.26. The van der Waals surface area contributed by atoms with Crippen LogP contribution in [0.1, 0.15) is 27.2 Å². The minimum atomic E-state index is 0.180. The van der Waals surface area contributed by atoms with Gasteiger partial charge in [0.25, 0.3) is 0 Å². The first-order valence-electron chi connectivity index (χ1n) is 6.12. The number of nitrogens with zero attached hydrogens (tertiary/aromatic N) is 2. The second kappa shape index (κ2) is 7.71. The Labute approximate surface area is 107 Å². The normalized spacial score (nSPS) is 10.7. The van der Waals surface area contributed by atoms with Crippen molar-refractivity contribution in [3.63, 3.8) is 0 Å². The molecule has 18 heavy (non-hydrogen) atoms. The summed E-state index contributed by atoms with van der Waals surface area (Å²) in [5, 5.41) is 0. The minimum Gasteiger partial charge on any atom is -0.476 e. The van der Waals surface area contributed by atoms with E-state index in [1.807, 2.05) is 20.8 Å². The van der Waals surface area contributed by atoms with E-state index in [1.165, 1.54) is 6.33 Å². The predicted molar refractivity (Wildman–Crippen MR) is 68.8 cm³/mol. The highest BCUT2D eigenvalue weighted by atomic mass is 16.5. The fraction of sp³-hybridized carbons (Fsp3) is 0.667. The lowest BCUT2D eigenvalue weighted by Gasteiger charge is -2.11. The molecule has 1 aromatic rings. The molecule has 0 fully saturated rings. The Morgan fingerprint density at radius 3 is 2.28 bits per heavy atom. The summed E-state index contributed by atoms with van der Waals surface area (Å²) in [6.07, 6.45) is 2.45. The first-order chi connectivity index (χ1) is 8.65. The molecule has 0 aliphatic carbocycles. The minimum absolute atomic E-state index is 0.180. The fourth-order valence-electron chi connectivity index (χ4n) is 1.22. The SMILES string of the molecule is CCCOc1ncnc(OCCOC(C)C)c1N. The second-order valence-electron chi connectivity index (χ2n) is 4.01. The van der Waals surface area contributed by atoms with Gasteiger partial charge in [-0.2, -0.15) is 9.97 Å².